The number of fused-ring (bicyclic) bond motifs is 1. The van der Waals surface area contributed by atoms with Crippen molar-refractivity contribution in [3.05, 3.63) is 53.0 Å². The molecule has 0 spiro atoms. The molecule has 0 unspecified atom stereocenters. The molecule has 0 fully saturated rings. The normalized spacial score (nSPS) is 13.8. The van der Waals surface area contributed by atoms with Crippen molar-refractivity contribution in [2.75, 3.05) is 4.90 Å². The lowest BCUT2D eigenvalue weighted by Gasteiger charge is -2.15. The number of halogens is 1. The third-order valence-electron chi connectivity index (χ3n) is 3.08. The van der Waals surface area contributed by atoms with Gasteiger partial charge >= 0.3 is 0 Å². The van der Waals surface area contributed by atoms with Crippen LogP contribution in [0.4, 0.5) is 5.82 Å². The van der Waals surface area contributed by atoms with Crippen LogP contribution in [-0.2, 0) is 5.88 Å². The SMILES string of the molecule is Cc1cnc(N2C(=O)c3ccccc3C2=O)c(CCl)n1. The second kappa shape index (κ2) is 4.68. The van der Waals surface area contributed by atoms with Crippen LogP contribution < -0.4 is 4.90 Å². The molecule has 2 amide bonds. The number of aryl methyl sites for hydroxylation is 1. The van der Waals surface area contributed by atoms with Gasteiger partial charge in [-0.15, -0.1) is 11.6 Å². The lowest BCUT2D eigenvalue weighted by Crippen LogP contribution is -2.31. The van der Waals surface area contributed by atoms with E-state index in [1.165, 1.54) is 6.20 Å². The Labute approximate surface area is 120 Å². The van der Waals surface area contributed by atoms with E-state index >= 15 is 0 Å². The van der Waals surface area contributed by atoms with E-state index in [4.69, 9.17) is 11.6 Å². The van der Waals surface area contributed by atoms with Crippen molar-refractivity contribution in [2.45, 2.75) is 12.8 Å². The predicted octanol–water partition coefficient (Wildman–Crippen LogP) is 2.32. The number of imide groups is 1. The van der Waals surface area contributed by atoms with E-state index in [1.54, 1.807) is 31.2 Å². The number of amides is 2. The monoisotopic (exact) mass is 287 g/mol. The van der Waals surface area contributed by atoms with Gasteiger partial charge in [0, 0.05) is 0 Å². The average molecular weight is 288 g/mol. The fourth-order valence-electron chi connectivity index (χ4n) is 2.18. The number of rotatable bonds is 2. The van der Waals surface area contributed by atoms with Crippen LogP contribution in [0, 0.1) is 6.92 Å². The standard InChI is InChI=1S/C14H10ClN3O2/c1-8-7-16-12(11(6-15)17-8)18-13(19)9-4-2-3-5-10(9)14(18)20/h2-5,7H,6H2,1H3. The van der Waals surface area contributed by atoms with Gasteiger partial charge in [0.15, 0.2) is 5.82 Å². The van der Waals surface area contributed by atoms with Crippen LogP contribution in [0.2, 0.25) is 0 Å². The Morgan fingerprint density at radius 3 is 2.30 bits per heavy atom. The lowest BCUT2D eigenvalue weighted by atomic mass is 10.1. The number of benzene rings is 1. The molecular weight excluding hydrogens is 278 g/mol. The van der Waals surface area contributed by atoms with Gasteiger partial charge in [0.05, 0.1) is 34.6 Å². The summed E-state index contributed by atoms with van der Waals surface area (Å²) in [4.78, 5) is 34.1. The van der Waals surface area contributed by atoms with Gasteiger partial charge in [-0.2, -0.15) is 0 Å². The van der Waals surface area contributed by atoms with Crippen LogP contribution in [-0.4, -0.2) is 21.8 Å². The number of hydrogen-bond donors (Lipinski definition) is 0. The summed E-state index contributed by atoms with van der Waals surface area (Å²) < 4.78 is 0. The van der Waals surface area contributed by atoms with E-state index in [9.17, 15) is 9.59 Å². The molecule has 0 bridgehead atoms. The van der Waals surface area contributed by atoms with Crippen molar-refractivity contribution in [2.24, 2.45) is 0 Å². The number of nitrogens with zero attached hydrogens (tertiary/aromatic N) is 3. The summed E-state index contributed by atoms with van der Waals surface area (Å²) in [6, 6.07) is 6.68. The van der Waals surface area contributed by atoms with Gasteiger partial charge in [0.2, 0.25) is 0 Å². The highest BCUT2D eigenvalue weighted by Crippen LogP contribution is 2.29. The van der Waals surface area contributed by atoms with E-state index in [2.05, 4.69) is 9.97 Å². The minimum atomic E-state index is -0.393. The van der Waals surface area contributed by atoms with Gasteiger partial charge in [-0.1, -0.05) is 12.1 Å². The summed E-state index contributed by atoms with van der Waals surface area (Å²) in [7, 11) is 0. The molecule has 2 heterocycles. The maximum absolute atomic E-state index is 12.4. The molecule has 1 aromatic carbocycles. The Bertz CT molecular complexity index is 695. The molecule has 2 aromatic rings. The summed E-state index contributed by atoms with van der Waals surface area (Å²) in [5, 5.41) is 0. The molecule has 0 N–H and O–H groups in total. The van der Waals surface area contributed by atoms with Crippen molar-refractivity contribution in [1.82, 2.24) is 9.97 Å². The summed E-state index contributed by atoms with van der Waals surface area (Å²) >= 11 is 5.84. The number of anilines is 1. The quantitative estimate of drug-likeness (QED) is 0.628. The molecule has 6 heteroatoms. The zero-order valence-electron chi connectivity index (χ0n) is 10.6. The maximum Gasteiger partial charge on any atom is 0.267 e. The summed E-state index contributed by atoms with van der Waals surface area (Å²) in [5.74, 6) is -0.501. The maximum atomic E-state index is 12.4. The van der Waals surface area contributed by atoms with Gasteiger partial charge < -0.3 is 0 Å². The van der Waals surface area contributed by atoms with E-state index in [0.717, 1.165) is 4.90 Å². The lowest BCUT2D eigenvalue weighted by molar-refractivity contribution is 0.0924. The number of hydrogen-bond acceptors (Lipinski definition) is 4. The first-order chi connectivity index (χ1) is 9.63. The topological polar surface area (TPSA) is 63.2 Å². The van der Waals surface area contributed by atoms with Crippen LogP contribution in [0.25, 0.3) is 0 Å². The molecule has 0 atom stereocenters. The average Bonchev–Trinajstić information content (AvgIpc) is 2.72. The van der Waals surface area contributed by atoms with Crippen molar-refractivity contribution in [3.63, 3.8) is 0 Å². The first-order valence-electron chi connectivity index (χ1n) is 5.99. The summed E-state index contributed by atoms with van der Waals surface area (Å²) in [6.07, 6.45) is 1.51. The molecule has 100 valence electrons. The third-order valence-corrected chi connectivity index (χ3v) is 3.33. The number of alkyl halides is 1. The zero-order chi connectivity index (χ0) is 14.3. The fraction of sp³-hybridized carbons (Fsp3) is 0.143. The molecule has 3 rings (SSSR count). The molecule has 1 aliphatic heterocycles. The molecule has 1 aliphatic rings. The van der Waals surface area contributed by atoms with Crippen LogP contribution in [0.5, 0.6) is 0 Å². The number of aromatic nitrogens is 2. The molecule has 5 nitrogen and oxygen atoms in total. The van der Waals surface area contributed by atoms with E-state index in [-0.39, 0.29) is 11.7 Å². The smallest absolute Gasteiger partial charge is 0.267 e. The van der Waals surface area contributed by atoms with Crippen LogP contribution in [0.1, 0.15) is 32.1 Å². The molecule has 20 heavy (non-hydrogen) atoms. The highest BCUT2D eigenvalue weighted by Gasteiger charge is 2.38. The minimum absolute atomic E-state index is 0.0808. The zero-order valence-corrected chi connectivity index (χ0v) is 11.4. The summed E-state index contributed by atoms with van der Waals surface area (Å²) in [6.45, 7) is 1.77. The van der Waals surface area contributed by atoms with Crippen LogP contribution in [0.15, 0.2) is 30.5 Å². The van der Waals surface area contributed by atoms with Crippen molar-refractivity contribution < 1.29 is 9.59 Å². The highest BCUT2D eigenvalue weighted by molar-refractivity contribution is 6.34. The second-order valence-corrected chi connectivity index (χ2v) is 4.67. The van der Waals surface area contributed by atoms with E-state index in [1.807, 2.05) is 0 Å². The Morgan fingerprint density at radius 2 is 1.75 bits per heavy atom. The third kappa shape index (κ3) is 1.78. The Balaban J connectivity index is 2.14. The van der Waals surface area contributed by atoms with Gasteiger partial charge in [-0.3, -0.25) is 14.6 Å². The van der Waals surface area contributed by atoms with Crippen molar-refractivity contribution in [1.29, 1.82) is 0 Å². The Hall–Kier alpha value is -2.27. The van der Waals surface area contributed by atoms with Gasteiger partial charge in [0.1, 0.15) is 0 Å². The Kier molecular flexibility index (Phi) is 2.99. The predicted molar refractivity (Wildman–Crippen MR) is 73.9 cm³/mol. The van der Waals surface area contributed by atoms with Crippen molar-refractivity contribution in [3.8, 4) is 0 Å². The fourth-order valence-corrected chi connectivity index (χ4v) is 2.36. The van der Waals surface area contributed by atoms with Crippen LogP contribution in [0.3, 0.4) is 0 Å². The number of carbonyl (C=O) groups excluding carboxylic acids is 2. The molecule has 1 aromatic heterocycles. The first kappa shape index (κ1) is 12.7. The largest absolute Gasteiger partial charge is 0.268 e. The molecule has 0 saturated heterocycles. The van der Waals surface area contributed by atoms with Crippen LogP contribution >= 0.6 is 11.6 Å². The molecule has 0 radical (unpaired) electrons. The minimum Gasteiger partial charge on any atom is -0.268 e. The molecule has 0 aliphatic carbocycles. The van der Waals surface area contributed by atoms with E-state index < -0.39 is 11.8 Å². The second-order valence-electron chi connectivity index (χ2n) is 4.41. The molecular formula is C14H10ClN3O2. The molecule has 0 saturated carbocycles. The summed E-state index contributed by atoms with van der Waals surface area (Å²) in [5.41, 5.74) is 1.85. The van der Waals surface area contributed by atoms with E-state index in [0.29, 0.717) is 22.5 Å². The van der Waals surface area contributed by atoms with Gasteiger partial charge in [-0.05, 0) is 19.1 Å². The number of carbonyl (C=O) groups is 2. The first-order valence-corrected chi connectivity index (χ1v) is 6.53. The van der Waals surface area contributed by atoms with Gasteiger partial charge in [0.25, 0.3) is 11.8 Å². The van der Waals surface area contributed by atoms with Crippen molar-refractivity contribution >= 4 is 29.2 Å². The highest BCUT2D eigenvalue weighted by atomic mass is 35.5. The van der Waals surface area contributed by atoms with Gasteiger partial charge in [-0.25, -0.2) is 9.88 Å². The Morgan fingerprint density at radius 1 is 1.15 bits per heavy atom.